The number of benzene rings is 3. The second-order valence-electron chi connectivity index (χ2n) is 8.61. The van der Waals surface area contributed by atoms with Crippen LogP contribution in [-0.4, -0.2) is 11.7 Å². The highest BCUT2D eigenvalue weighted by Gasteiger charge is 2.07. The topological polar surface area (TPSA) is 20.2 Å². The number of aliphatic hydroxyl groups excluding tert-OH is 1. The summed E-state index contributed by atoms with van der Waals surface area (Å²) < 4.78 is 0. The molecule has 0 aliphatic rings. The van der Waals surface area contributed by atoms with Gasteiger partial charge in [0.2, 0.25) is 0 Å². The highest BCUT2D eigenvalue weighted by molar-refractivity contribution is 5.72. The van der Waals surface area contributed by atoms with E-state index in [1.54, 1.807) is 0 Å². The van der Waals surface area contributed by atoms with Crippen LogP contribution in [0.4, 0.5) is 0 Å². The van der Waals surface area contributed by atoms with Crippen LogP contribution < -0.4 is 0 Å². The zero-order valence-electron chi connectivity index (χ0n) is 19.4. The first-order chi connectivity index (χ1) is 15.2. The van der Waals surface area contributed by atoms with Crippen molar-refractivity contribution in [2.24, 2.45) is 0 Å². The van der Waals surface area contributed by atoms with Gasteiger partial charge in [-0.25, -0.2) is 0 Å². The Morgan fingerprint density at radius 3 is 1.81 bits per heavy atom. The van der Waals surface area contributed by atoms with E-state index in [4.69, 9.17) is 5.11 Å². The summed E-state index contributed by atoms with van der Waals surface area (Å²) in [4.78, 5) is 0. The van der Waals surface area contributed by atoms with Gasteiger partial charge in [0.25, 0.3) is 0 Å². The maximum Gasteiger partial charge on any atom is 0.0431 e. The van der Waals surface area contributed by atoms with Gasteiger partial charge in [-0.15, -0.1) is 0 Å². The van der Waals surface area contributed by atoms with Gasteiger partial charge >= 0.3 is 0 Å². The van der Waals surface area contributed by atoms with Crippen LogP contribution in [0.25, 0.3) is 22.3 Å². The third-order valence-electron chi connectivity index (χ3n) is 6.23. The predicted molar refractivity (Wildman–Crippen MR) is 135 cm³/mol. The molecule has 3 rings (SSSR count). The van der Waals surface area contributed by atoms with Gasteiger partial charge in [-0.1, -0.05) is 99.8 Å². The summed E-state index contributed by atoms with van der Waals surface area (Å²) in [5, 5.41) is 8.95. The molecule has 1 N–H and O–H groups in total. The van der Waals surface area contributed by atoms with Crippen LogP contribution in [-0.2, 0) is 19.3 Å². The normalized spacial score (nSPS) is 11.1. The van der Waals surface area contributed by atoms with Crippen molar-refractivity contribution in [2.45, 2.75) is 71.6 Å². The predicted octanol–water partition coefficient (Wildman–Crippen LogP) is 8.02. The van der Waals surface area contributed by atoms with Gasteiger partial charge < -0.3 is 5.11 Å². The molecule has 31 heavy (non-hydrogen) atoms. The molecular weight excluding hydrogens is 376 g/mol. The lowest BCUT2D eigenvalue weighted by Crippen LogP contribution is -1.93. The van der Waals surface area contributed by atoms with Crippen molar-refractivity contribution in [1.29, 1.82) is 0 Å². The molecule has 0 aliphatic heterocycles. The second-order valence-corrected chi connectivity index (χ2v) is 8.61. The van der Waals surface area contributed by atoms with Crippen molar-refractivity contribution < 1.29 is 5.11 Å². The van der Waals surface area contributed by atoms with Crippen molar-refractivity contribution in [3.05, 3.63) is 83.4 Å². The minimum atomic E-state index is 0.304. The first-order valence-electron chi connectivity index (χ1n) is 12.2. The molecule has 1 heteroatoms. The van der Waals surface area contributed by atoms with Crippen LogP contribution >= 0.6 is 0 Å². The lowest BCUT2D eigenvalue weighted by Gasteiger charge is -2.12. The van der Waals surface area contributed by atoms with Crippen molar-refractivity contribution >= 4 is 0 Å². The van der Waals surface area contributed by atoms with Crippen molar-refractivity contribution in [3.8, 4) is 22.3 Å². The largest absolute Gasteiger partial charge is 0.396 e. The highest BCUT2D eigenvalue weighted by atomic mass is 16.2. The number of aryl methyl sites for hydroxylation is 3. The Bertz CT molecular complexity index is 906. The molecule has 3 aromatic rings. The smallest absolute Gasteiger partial charge is 0.0431 e. The van der Waals surface area contributed by atoms with E-state index in [1.165, 1.54) is 64.6 Å². The number of hydrogen-bond donors (Lipinski definition) is 1. The van der Waals surface area contributed by atoms with Gasteiger partial charge in [-0.3, -0.25) is 0 Å². The number of unbranched alkanes of at least 4 members (excludes halogenated alkanes) is 4. The molecule has 0 aliphatic carbocycles. The summed E-state index contributed by atoms with van der Waals surface area (Å²) in [6, 6.07) is 25.1. The van der Waals surface area contributed by atoms with Crippen molar-refractivity contribution in [3.63, 3.8) is 0 Å². The Balaban J connectivity index is 1.69. The average Bonchev–Trinajstić information content (AvgIpc) is 2.82. The van der Waals surface area contributed by atoms with E-state index in [9.17, 15) is 0 Å². The zero-order chi connectivity index (χ0) is 21.9. The van der Waals surface area contributed by atoms with Gasteiger partial charge in [0.15, 0.2) is 0 Å². The van der Waals surface area contributed by atoms with E-state index < -0.39 is 0 Å². The van der Waals surface area contributed by atoms with E-state index in [-0.39, 0.29) is 0 Å². The summed E-state index contributed by atoms with van der Waals surface area (Å²) >= 11 is 0. The van der Waals surface area contributed by atoms with Gasteiger partial charge in [-0.2, -0.15) is 0 Å². The SMILES string of the molecule is CCCCCc1ccc(-c2ccc(-c3ccc(CCCCCO)cc3CC)cc2)cc1. The minimum Gasteiger partial charge on any atom is -0.396 e. The Morgan fingerprint density at radius 1 is 0.581 bits per heavy atom. The van der Waals surface area contributed by atoms with Crippen LogP contribution in [0.15, 0.2) is 66.7 Å². The summed E-state index contributed by atoms with van der Waals surface area (Å²) in [5.74, 6) is 0. The molecule has 0 amide bonds. The third kappa shape index (κ3) is 6.80. The maximum absolute atomic E-state index is 8.95. The van der Waals surface area contributed by atoms with Gasteiger partial charge in [0.05, 0.1) is 0 Å². The molecular formula is C30H38O. The molecule has 0 heterocycles. The second kappa shape index (κ2) is 12.5. The Hall–Kier alpha value is -2.38. The van der Waals surface area contributed by atoms with Crippen LogP contribution in [0.5, 0.6) is 0 Å². The number of rotatable bonds is 12. The fraction of sp³-hybridized carbons (Fsp3) is 0.400. The first-order valence-corrected chi connectivity index (χ1v) is 12.2. The van der Waals surface area contributed by atoms with E-state index in [2.05, 4.69) is 80.6 Å². The van der Waals surface area contributed by atoms with Crippen LogP contribution in [0, 0.1) is 0 Å². The van der Waals surface area contributed by atoms with Crippen LogP contribution in [0.2, 0.25) is 0 Å². The van der Waals surface area contributed by atoms with Crippen molar-refractivity contribution in [2.75, 3.05) is 6.61 Å². The monoisotopic (exact) mass is 414 g/mol. The average molecular weight is 415 g/mol. The maximum atomic E-state index is 8.95. The molecule has 0 fully saturated rings. The quantitative estimate of drug-likeness (QED) is 0.297. The minimum absolute atomic E-state index is 0.304. The fourth-order valence-corrected chi connectivity index (χ4v) is 4.28. The Kier molecular flexibility index (Phi) is 9.37. The third-order valence-corrected chi connectivity index (χ3v) is 6.23. The summed E-state index contributed by atoms with van der Waals surface area (Å²) in [5.41, 5.74) is 9.49. The fourth-order valence-electron chi connectivity index (χ4n) is 4.28. The Labute approximate surface area is 189 Å². The highest BCUT2D eigenvalue weighted by Crippen LogP contribution is 2.29. The van der Waals surface area contributed by atoms with Gasteiger partial charge in [0.1, 0.15) is 0 Å². The van der Waals surface area contributed by atoms with E-state index in [0.29, 0.717) is 6.61 Å². The van der Waals surface area contributed by atoms with Gasteiger partial charge in [-0.05, 0) is 77.5 Å². The molecule has 0 saturated heterocycles. The van der Waals surface area contributed by atoms with E-state index in [1.807, 2.05) is 0 Å². The summed E-state index contributed by atoms with van der Waals surface area (Å²) in [7, 11) is 0. The molecule has 1 nitrogen and oxygen atoms in total. The molecule has 0 saturated carbocycles. The number of aliphatic hydroxyl groups is 1. The lowest BCUT2D eigenvalue weighted by atomic mass is 9.93. The van der Waals surface area contributed by atoms with Gasteiger partial charge in [0, 0.05) is 6.61 Å². The van der Waals surface area contributed by atoms with Crippen molar-refractivity contribution in [1.82, 2.24) is 0 Å². The van der Waals surface area contributed by atoms with Crippen LogP contribution in [0.3, 0.4) is 0 Å². The first kappa shape index (κ1) is 23.3. The zero-order valence-corrected chi connectivity index (χ0v) is 19.4. The molecule has 0 radical (unpaired) electrons. The lowest BCUT2D eigenvalue weighted by molar-refractivity contribution is 0.283. The molecule has 0 bridgehead atoms. The summed E-state index contributed by atoms with van der Waals surface area (Å²) in [6.07, 6.45) is 10.4. The molecule has 0 unspecified atom stereocenters. The molecule has 3 aromatic carbocycles. The Morgan fingerprint density at radius 2 is 1.16 bits per heavy atom. The standard InChI is InChI=1S/C30H38O/c1-3-5-7-10-24-12-15-27(16-13-24)28-17-19-29(20-18-28)30-21-14-25(23-26(30)4-2)11-8-6-9-22-31/h12-21,23,31H,3-11,22H2,1-2H3. The van der Waals surface area contributed by atoms with Crippen LogP contribution in [0.1, 0.15) is 69.1 Å². The molecule has 164 valence electrons. The van der Waals surface area contributed by atoms with E-state index >= 15 is 0 Å². The summed E-state index contributed by atoms with van der Waals surface area (Å²) in [6.45, 7) is 4.80. The number of hydrogen-bond acceptors (Lipinski definition) is 1. The molecule has 0 aromatic heterocycles. The van der Waals surface area contributed by atoms with E-state index in [0.717, 1.165) is 32.1 Å². The molecule has 0 atom stereocenters. The molecule has 0 spiro atoms.